The van der Waals surface area contributed by atoms with E-state index in [0.29, 0.717) is 43.2 Å². The number of piperazine rings is 1. The molecule has 0 aliphatic carbocycles. The second-order valence-corrected chi connectivity index (χ2v) is 6.15. The first-order chi connectivity index (χ1) is 13.1. The number of hydrogen-bond acceptors (Lipinski definition) is 4. The Morgan fingerprint density at radius 2 is 1.63 bits per heavy atom. The summed E-state index contributed by atoms with van der Waals surface area (Å²) in [5, 5.41) is 0. The van der Waals surface area contributed by atoms with Gasteiger partial charge in [-0.1, -0.05) is 6.07 Å². The molecule has 1 aliphatic heterocycles. The van der Waals surface area contributed by atoms with Crippen LogP contribution in [0.5, 0.6) is 11.5 Å². The van der Waals surface area contributed by atoms with Crippen LogP contribution < -0.4 is 9.47 Å². The van der Waals surface area contributed by atoms with Gasteiger partial charge in [0.2, 0.25) is 0 Å². The van der Waals surface area contributed by atoms with Gasteiger partial charge in [-0.05, 0) is 36.4 Å². The number of amides is 2. The Kier molecular flexibility index (Phi) is 5.90. The average Bonchev–Trinajstić information content (AvgIpc) is 2.72. The fraction of sp³-hybridized carbons (Fsp3) is 0.300. The van der Waals surface area contributed by atoms with Gasteiger partial charge in [0.15, 0.2) is 6.61 Å². The van der Waals surface area contributed by atoms with Crippen molar-refractivity contribution in [1.29, 1.82) is 0 Å². The molecule has 1 saturated heterocycles. The molecule has 27 heavy (non-hydrogen) atoms. The summed E-state index contributed by atoms with van der Waals surface area (Å²) in [6.45, 7) is 1.63. The van der Waals surface area contributed by atoms with Gasteiger partial charge in [-0.2, -0.15) is 0 Å². The SMILES string of the molecule is COc1ccc(C(=O)N2CCN(C(=O)COc3cccc(F)c3)CC2)cc1. The zero-order valence-electron chi connectivity index (χ0n) is 15.1. The highest BCUT2D eigenvalue weighted by molar-refractivity contribution is 5.94. The molecule has 6 nitrogen and oxygen atoms in total. The summed E-state index contributed by atoms with van der Waals surface area (Å²) in [6, 6.07) is 12.6. The lowest BCUT2D eigenvalue weighted by molar-refractivity contribution is -0.134. The summed E-state index contributed by atoms with van der Waals surface area (Å²) in [7, 11) is 1.57. The van der Waals surface area contributed by atoms with Crippen LogP contribution in [0.3, 0.4) is 0 Å². The van der Waals surface area contributed by atoms with Crippen LogP contribution in [-0.4, -0.2) is 61.5 Å². The molecule has 0 aromatic heterocycles. The van der Waals surface area contributed by atoms with E-state index in [2.05, 4.69) is 0 Å². The third-order valence-corrected chi connectivity index (χ3v) is 4.41. The molecule has 2 aromatic rings. The Morgan fingerprint density at radius 3 is 2.26 bits per heavy atom. The largest absolute Gasteiger partial charge is 0.497 e. The molecule has 0 atom stereocenters. The van der Waals surface area contributed by atoms with Gasteiger partial charge in [-0.3, -0.25) is 9.59 Å². The summed E-state index contributed by atoms with van der Waals surface area (Å²) in [5.74, 6) is 0.346. The van der Waals surface area contributed by atoms with Gasteiger partial charge in [-0.15, -0.1) is 0 Å². The first kappa shape index (κ1) is 18.7. The average molecular weight is 372 g/mol. The van der Waals surface area contributed by atoms with Gasteiger partial charge in [-0.25, -0.2) is 4.39 Å². The molecule has 1 heterocycles. The van der Waals surface area contributed by atoms with E-state index >= 15 is 0 Å². The van der Waals surface area contributed by atoms with Gasteiger partial charge in [0.25, 0.3) is 11.8 Å². The number of benzene rings is 2. The van der Waals surface area contributed by atoms with Crippen molar-refractivity contribution in [2.24, 2.45) is 0 Å². The van der Waals surface area contributed by atoms with Crippen molar-refractivity contribution >= 4 is 11.8 Å². The summed E-state index contributed by atoms with van der Waals surface area (Å²) in [5.41, 5.74) is 0.588. The Hall–Kier alpha value is -3.09. The molecule has 142 valence electrons. The second-order valence-electron chi connectivity index (χ2n) is 6.15. The van der Waals surface area contributed by atoms with Crippen molar-refractivity contribution < 1.29 is 23.5 Å². The fourth-order valence-electron chi connectivity index (χ4n) is 2.87. The Morgan fingerprint density at radius 1 is 0.963 bits per heavy atom. The van der Waals surface area contributed by atoms with E-state index in [-0.39, 0.29) is 18.4 Å². The van der Waals surface area contributed by atoms with Gasteiger partial charge in [0.05, 0.1) is 7.11 Å². The summed E-state index contributed by atoms with van der Waals surface area (Å²) >= 11 is 0. The molecule has 2 amide bonds. The number of carbonyl (C=O) groups is 2. The van der Waals surface area contributed by atoms with E-state index in [0.717, 1.165) is 0 Å². The monoisotopic (exact) mass is 372 g/mol. The van der Waals surface area contributed by atoms with Crippen LogP contribution >= 0.6 is 0 Å². The van der Waals surface area contributed by atoms with Crippen molar-refractivity contribution in [3.63, 3.8) is 0 Å². The minimum absolute atomic E-state index is 0.0687. The van der Waals surface area contributed by atoms with Crippen LogP contribution in [0.15, 0.2) is 48.5 Å². The Balaban J connectivity index is 1.48. The van der Waals surface area contributed by atoms with E-state index in [4.69, 9.17) is 9.47 Å². The number of hydrogen-bond donors (Lipinski definition) is 0. The minimum atomic E-state index is -0.411. The van der Waals surface area contributed by atoms with E-state index in [1.807, 2.05) is 0 Å². The molecule has 0 unspecified atom stereocenters. The predicted molar refractivity (Wildman–Crippen MR) is 97.4 cm³/mol. The zero-order chi connectivity index (χ0) is 19.2. The molecule has 0 bridgehead atoms. The normalized spacial score (nSPS) is 14.0. The predicted octanol–water partition coefficient (Wildman–Crippen LogP) is 2.20. The number of nitrogens with zero attached hydrogens (tertiary/aromatic N) is 2. The van der Waals surface area contributed by atoms with Gasteiger partial charge in [0.1, 0.15) is 17.3 Å². The van der Waals surface area contributed by atoms with E-state index in [9.17, 15) is 14.0 Å². The van der Waals surface area contributed by atoms with Crippen molar-refractivity contribution in [2.45, 2.75) is 0 Å². The van der Waals surface area contributed by atoms with Gasteiger partial charge in [0, 0.05) is 37.8 Å². The Labute approximate surface area is 157 Å². The molecule has 0 N–H and O–H groups in total. The maximum Gasteiger partial charge on any atom is 0.260 e. The van der Waals surface area contributed by atoms with E-state index in [1.54, 1.807) is 47.2 Å². The molecule has 0 radical (unpaired) electrons. The molecule has 3 rings (SSSR count). The Bertz CT molecular complexity index is 802. The molecule has 0 saturated carbocycles. The standard InChI is InChI=1S/C20H21FN2O4/c1-26-17-7-5-15(6-8-17)20(25)23-11-9-22(10-12-23)19(24)14-27-18-4-2-3-16(21)13-18/h2-8,13H,9-12,14H2,1H3. The van der Waals surface area contributed by atoms with Crippen molar-refractivity contribution in [3.05, 3.63) is 59.9 Å². The first-order valence-electron chi connectivity index (χ1n) is 8.66. The highest BCUT2D eigenvalue weighted by Crippen LogP contribution is 2.15. The molecule has 1 fully saturated rings. The maximum atomic E-state index is 13.1. The number of carbonyl (C=O) groups excluding carboxylic acids is 2. The van der Waals surface area contributed by atoms with Crippen molar-refractivity contribution in [1.82, 2.24) is 9.80 Å². The molecule has 7 heteroatoms. The lowest BCUT2D eigenvalue weighted by atomic mass is 10.1. The highest BCUT2D eigenvalue weighted by atomic mass is 19.1. The zero-order valence-corrected chi connectivity index (χ0v) is 15.1. The van der Waals surface area contributed by atoms with Crippen LogP contribution in [0.4, 0.5) is 4.39 Å². The van der Waals surface area contributed by atoms with E-state index in [1.165, 1.54) is 18.2 Å². The van der Waals surface area contributed by atoms with Crippen LogP contribution in [0.1, 0.15) is 10.4 Å². The quantitative estimate of drug-likeness (QED) is 0.807. The molecular formula is C20H21FN2O4. The van der Waals surface area contributed by atoms with E-state index < -0.39 is 5.82 Å². The number of halogens is 1. The third-order valence-electron chi connectivity index (χ3n) is 4.41. The first-order valence-corrected chi connectivity index (χ1v) is 8.66. The lowest BCUT2D eigenvalue weighted by Crippen LogP contribution is -2.51. The van der Waals surface area contributed by atoms with Gasteiger partial charge >= 0.3 is 0 Å². The molecule has 0 spiro atoms. The van der Waals surface area contributed by atoms with Crippen LogP contribution in [-0.2, 0) is 4.79 Å². The minimum Gasteiger partial charge on any atom is -0.497 e. The summed E-state index contributed by atoms with van der Waals surface area (Å²) in [6.07, 6.45) is 0. The second kappa shape index (κ2) is 8.53. The molecule has 1 aliphatic rings. The van der Waals surface area contributed by atoms with Crippen molar-refractivity contribution in [2.75, 3.05) is 39.9 Å². The lowest BCUT2D eigenvalue weighted by Gasteiger charge is -2.34. The number of methoxy groups -OCH3 is 1. The van der Waals surface area contributed by atoms with Gasteiger partial charge < -0.3 is 19.3 Å². The molecule has 2 aromatic carbocycles. The van der Waals surface area contributed by atoms with Crippen molar-refractivity contribution in [3.8, 4) is 11.5 Å². The fourth-order valence-corrected chi connectivity index (χ4v) is 2.87. The van der Waals surface area contributed by atoms with Crippen LogP contribution in [0, 0.1) is 5.82 Å². The highest BCUT2D eigenvalue weighted by Gasteiger charge is 2.25. The van der Waals surface area contributed by atoms with Crippen LogP contribution in [0.2, 0.25) is 0 Å². The maximum absolute atomic E-state index is 13.1. The topological polar surface area (TPSA) is 59.1 Å². The summed E-state index contributed by atoms with van der Waals surface area (Å²) in [4.78, 5) is 28.2. The summed E-state index contributed by atoms with van der Waals surface area (Å²) < 4.78 is 23.6. The number of rotatable bonds is 5. The molecular weight excluding hydrogens is 351 g/mol. The third kappa shape index (κ3) is 4.75. The van der Waals surface area contributed by atoms with Crippen LogP contribution in [0.25, 0.3) is 0 Å². The smallest absolute Gasteiger partial charge is 0.260 e. The number of ether oxygens (including phenoxy) is 2.